The predicted molar refractivity (Wildman–Crippen MR) is 74.0 cm³/mol. The van der Waals surface area contributed by atoms with Crippen LogP contribution in [-0.4, -0.2) is 49.1 Å². The molecular formula is C14H32N2. The van der Waals surface area contributed by atoms with Crippen LogP contribution in [0.2, 0.25) is 0 Å². The van der Waals surface area contributed by atoms with Gasteiger partial charge in [0.15, 0.2) is 0 Å². The molecule has 0 amide bonds. The lowest BCUT2D eigenvalue weighted by Gasteiger charge is -2.33. The van der Waals surface area contributed by atoms with Crippen molar-refractivity contribution in [3.05, 3.63) is 0 Å². The van der Waals surface area contributed by atoms with E-state index in [2.05, 4.69) is 16.7 Å². The van der Waals surface area contributed by atoms with Crippen LogP contribution < -0.4 is 0 Å². The molecular weight excluding hydrogens is 196 g/mol. The Kier molecular flexibility index (Phi) is 10.0. The number of rotatable bonds is 3. The molecule has 1 saturated heterocycles. The minimum atomic E-state index is 1.07. The van der Waals surface area contributed by atoms with Crippen molar-refractivity contribution < 1.29 is 0 Å². The maximum Gasteiger partial charge on any atom is 0.0110 e. The normalized spacial score (nSPS) is 21.6. The van der Waals surface area contributed by atoms with Crippen molar-refractivity contribution in [2.75, 3.05) is 39.3 Å². The van der Waals surface area contributed by atoms with Crippen LogP contribution in [0.3, 0.4) is 0 Å². The zero-order valence-corrected chi connectivity index (χ0v) is 12.1. The van der Waals surface area contributed by atoms with Gasteiger partial charge in [-0.15, -0.1) is 0 Å². The molecule has 0 spiro atoms. The lowest BCUT2D eigenvalue weighted by molar-refractivity contribution is 0.133. The van der Waals surface area contributed by atoms with Gasteiger partial charge in [0.25, 0.3) is 0 Å². The monoisotopic (exact) mass is 228 g/mol. The minimum absolute atomic E-state index is 1.07. The van der Waals surface area contributed by atoms with Crippen molar-refractivity contribution in [1.82, 2.24) is 9.80 Å². The van der Waals surface area contributed by atoms with Crippen molar-refractivity contribution in [2.24, 2.45) is 5.92 Å². The predicted octanol–water partition coefficient (Wildman–Crippen LogP) is 3.09. The highest BCUT2D eigenvalue weighted by Crippen LogP contribution is 2.29. The van der Waals surface area contributed by atoms with Crippen molar-refractivity contribution >= 4 is 0 Å². The van der Waals surface area contributed by atoms with E-state index in [0.717, 1.165) is 5.92 Å². The highest BCUT2D eigenvalue weighted by molar-refractivity contribution is 4.80. The van der Waals surface area contributed by atoms with E-state index in [-0.39, 0.29) is 0 Å². The summed E-state index contributed by atoms with van der Waals surface area (Å²) < 4.78 is 0. The second-order valence-corrected chi connectivity index (χ2v) is 4.18. The summed E-state index contributed by atoms with van der Waals surface area (Å²) in [5, 5.41) is 0. The molecule has 1 saturated carbocycles. The molecule has 0 aromatic rings. The molecule has 0 unspecified atom stereocenters. The smallest absolute Gasteiger partial charge is 0.0110 e. The van der Waals surface area contributed by atoms with Gasteiger partial charge in [-0.2, -0.15) is 0 Å². The molecule has 0 radical (unpaired) electrons. The molecule has 98 valence electrons. The summed E-state index contributed by atoms with van der Waals surface area (Å²) in [7, 11) is 0. The van der Waals surface area contributed by atoms with Crippen molar-refractivity contribution in [2.45, 2.75) is 47.5 Å². The van der Waals surface area contributed by atoms with Gasteiger partial charge in [0.1, 0.15) is 0 Å². The summed E-state index contributed by atoms with van der Waals surface area (Å²) >= 11 is 0. The molecule has 0 N–H and O–H groups in total. The third-order valence-corrected chi connectivity index (χ3v) is 3.13. The van der Waals surface area contributed by atoms with Gasteiger partial charge >= 0.3 is 0 Å². The summed E-state index contributed by atoms with van der Waals surface area (Å²) in [6, 6.07) is 0. The lowest BCUT2D eigenvalue weighted by atomic mass is 10.3. The van der Waals surface area contributed by atoms with Crippen molar-refractivity contribution in [3.8, 4) is 0 Å². The molecule has 2 aliphatic rings. The van der Waals surface area contributed by atoms with Gasteiger partial charge < -0.3 is 9.80 Å². The van der Waals surface area contributed by atoms with Crippen LogP contribution in [0.5, 0.6) is 0 Å². The van der Waals surface area contributed by atoms with Gasteiger partial charge in [-0.05, 0) is 25.3 Å². The SMILES string of the molecule is CC.CC.CCN1CCN(CC2CC2)CC1. The van der Waals surface area contributed by atoms with Crippen LogP contribution in [0.1, 0.15) is 47.5 Å². The van der Waals surface area contributed by atoms with Crippen LogP contribution in [0.4, 0.5) is 0 Å². The van der Waals surface area contributed by atoms with E-state index in [9.17, 15) is 0 Å². The topological polar surface area (TPSA) is 6.48 Å². The van der Waals surface area contributed by atoms with Gasteiger partial charge in [0.2, 0.25) is 0 Å². The van der Waals surface area contributed by atoms with Gasteiger partial charge in [0, 0.05) is 32.7 Å². The van der Waals surface area contributed by atoms with Crippen LogP contribution >= 0.6 is 0 Å². The molecule has 0 aromatic heterocycles. The van der Waals surface area contributed by atoms with Gasteiger partial charge in [-0.3, -0.25) is 0 Å². The first kappa shape index (κ1) is 15.9. The molecule has 0 bridgehead atoms. The molecule has 2 nitrogen and oxygen atoms in total. The first-order valence-corrected chi connectivity index (χ1v) is 7.33. The van der Waals surface area contributed by atoms with E-state index >= 15 is 0 Å². The Morgan fingerprint density at radius 1 is 0.812 bits per heavy atom. The molecule has 0 aromatic carbocycles. The number of nitrogens with zero attached hydrogens (tertiary/aromatic N) is 2. The molecule has 2 rings (SSSR count). The fraction of sp³-hybridized carbons (Fsp3) is 1.00. The van der Waals surface area contributed by atoms with E-state index in [1.54, 1.807) is 0 Å². The second kappa shape index (κ2) is 10.1. The van der Waals surface area contributed by atoms with Crippen LogP contribution in [0, 0.1) is 5.92 Å². The standard InChI is InChI=1S/C10H20N2.2C2H6/c1-2-11-5-7-12(8-6-11)9-10-3-4-10;2*1-2/h10H,2-9H2,1H3;2*1-2H3. The number of hydrogen-bond donors (Lipinski definition) is 0. The summed E-state index contributed by atoms with van der Waals surface area (Å²) in [6.07, 6.45) is 2.99. The van der Waals surface area contributed by atoms with Gasteiger partial charge in [0.05, 0.1) is 0 Å². The molecule has 1 aliphatic heterocycles. The maximum atomic E-state index is 2.64. The summed E-state index contributed by atoms with van der Waals surface area (Å²) in [6.45, 7) is 18.1. The highest BCUT2D eigenvalue weighted by Gasteiger charge is 2.25. The Balaban J connectivity index is 0.000000509. The summed E-state index contributed by atoms with van der Waals surface area (Å²) in [4.78, 5) is 5.19. The van der Waals surface area contributed by atoms with Crippen LogP contribution in [0.15, 0.2) is 0 Å². The number of piperazine rings is 1. The zero-order valence-electron chi connectivity index (χ0n) is 12.1. The lowest BCUT2D eigenvalue weighted by Crippen LogP contribution is -2.46. The zero-order chi connectivity index (χ0) is 12.4. The molecule has 16 heavy (non-hydrogen) atoms. The Morgan fingerprint density at radius 3 is 1.62 bits per heavy atom. The molecule has 2 fully saturated rings. The van der Waals surface area contributed by atoms with E-state index in [0.29, 0.717) is 0 Å². The molecule has 1 aliphatic carbocycles. The van der Waals surface area contributed by atoms with E-state index in [1.165, 1.54) is 52.1 Å². The average Bonchev–Trinajstić information content (AvgIpc) is 3.19. The number of likely N-dealkylation sites (N-methyl/N-ethyl adjacent to an activating group) is 1. The minimum Gasteiger partial charge on any atom is -0.301 e. The first-order valence-electron chi connectivity index (χ1n) is 7.33. The maximum absolute atomic E-state index is 2.64. The summed E-state index contributed by atoms with van der Waals surface area (Å²) in [5.74, 6) is 1.07. The Labute approximate surface area is 103 Å². The molecule has 0 atom stereocenters. The molecule has 2 heteroatoms. The van der Waals surface area contributed by atoms with Crippen molar-refractivity contribution in [3.63, 3.8) is 0 Å². The second-order valence-electron chi connectivity index (χ2n) is 4.18. The fourth-order valence-corrected chi connectivity index (χ4v) is 1.95. The van der Waals surface area contributed by atoms with Gasteiger partial charge in [-0.1, -0.05) is 34.6 Å². The Hall–Kier alpha value is -0.0800. The average molecular weight is 228 g/mol. The third-order valence-electron chi connectivity index (χ3n) is 3.13. The van der Waals surface area contributed by atoms with Gasteiger partial charge in [-0.25, -0.2) is 0 Å². The third kappa shape index (κ3) is 6.49. The quantitative estimate of drug-likeness (QED) is 0.732. The first-order chi connectivity index (χ1) is 7.88. The van der Waals surface area contributed by atoms with E-state index in [4.69, 9.17) is 0 Å². The highest BCUT2D eigenvalue weighted by atomic mass is 15.3. The largest absolute Gasteiger partial charge is 0.301 e. The van der Waals surface area contributed by atoms with Crippen molar-refractivity contribution in [1.29, 1.82) is 0 Å². The van der Waals surface area contributed by atoms with Crippen LogP contribution in [-0.2, 0) is 0 Å². The van der Waals surface area contributed by atoms with E-state index < -0.39 is 0 Å². The Bertz CT molecular complexity index is 136. The molecule has 1 heterocycles. The fourth-order valence-electron chi connectivity index (χ4n) is 1.95. The Morgan fingerprint density at radius 2 is 1.25 bits per heavy atom. The summed E-state index contributed by atoms with van der Waals surface area (Å²) in [5.41, 5.74) is 0. The number of hydrogen-bond acceptors (Lipinski definition) is 2. The van der Waals surface area contributed by atoms with Crippen LogP contribution in [0.25, 0.3) is 0 Å². The van der Waals surface area contributed by atoms with E-state index in [1.807, 2.05) is 27.7 Å².